The molecule has 2 N–H and O–H groups in total. The number of anilines is 1. The molecule has 0 amide bonds. The van der Waals surface area contributed by atoms with Crippen LogP contribution in [0.5, 0.6) is 0 Å². The minimum Gasteiger partial charge on any atom is -0.478 e. The van der Waals surface area contributed by atoms with E-state index in [2.05, 4.69) is 44.3 Å². The molecule has 138 valence electrons. The normalized spacial score (nSPS) is 17.0. The van der Waals surface area contributed by atoms with Gasteiger partial charge in [0.1, 0.15) is 5.82 Å². The highest BCUT2D eigenvalue weighted by atomic mass is 16.4. The molecule has 1 atom stereocenters. The number of nitrogens with one attached hydrogen (secondary N) is 1. The number of H-pyrrole nitrogens is 1. The summed E-state index contributed by atoms with van der Waals surface area (Å²) in [6.07, 6.45) is 6.40. The van der Waals surface area contributed by atoms with Crippen molar-refractivity contribution in [1.29, 1.82) is 0 Å². The van der Waals surface area contributed by atoms with Crippen LogP contribution in [0.15, 0.2) is 54.9 Å². The smallest absolute Gasteiger partial charge is 0.337 e. The molecule has 6 nitrogen and oxygen atoms in total. The second-order valence-corrected chi connectivity index (χ2v) is 6.97. The van der Waals surface area contributed by atoms with Crippen LogP contribution in [0.3, 0.4) is 0 Å². The van der Waals surface area contributed by atoms with Crippen molar-refractivity contribution in [2.75, 3.05) is 18.0 Å². The Morgan fingerprint density at radius 2 is 2.04 bits per heavy atom. The number of carbonyl (C=O) groups is 1. The average molecular weight is 362 g/mol. The molecular formula is C21H22N4O2. The van der Waals surface area contributed by atoms with Crippen molar-refractivity contribution in [3.63, 3.8) is 0 Å². The molecule has 27 heavy (non-hydrogen) atoms. The van der Waals surface area contributed by atoms with Crippen molar-refractivity contribution in [2.45, 2.75) is 25.2 Å². The van der Waals surface area contributed by atoms with E-state index in [1.54, 1.807) is 12.1 Å². The summed E-state index contributed by atoms with van der Waals surface area (Å²) in [5.41, 5.74) is 3.93. The molecule has 1 aliphatic rings. The molecule has 3 heterocycles. The molecule has 4 rings (SSSR count). The van der Waals surface area contributed by atoms with E-state index < -0.39 is 5.97 Å². The number of aromatic amines is 1. The maximum absolute atomic E-state index is 11.0. The first-order valence-corrected chi connectivity index (χ1v) is 9.21. The molecule has 1 fully saturated rings. The monoisotopic (exact) mass is 362 g/mol. The van der Waals surface area contributed by atoms with Gasteiger partial charge in [0.05, 0.1) is 11.8 Å². The van der Waals surface area contributed by atoms with Crippen LogP contribution in [0.25, 0.3) is 0 Å². The maximum Gasteiger partial charge on any atom is 0.337 e. The van der Waals surface area contributed by atoms with Crippen molar-refractivity contribution in [3.8, 4) is 0 Å². The van der Waals surface area contributed by atoms with Crippen LogP contribution in [0.1, 0.15) is 45.9 Å². The first kappa shape index (κ1) is 17.3. The van der Waals surface area contributed by atoms with Gasteiger partial charge in [-0.2, -0.15) is 5.10 Å². The topological polar surface area (TPSA) is 82.1 Å². The first-order chi connectivity index (χ1) is 13.2. The zero-order valence-electron chi connectivity index (χ0n) is 15.0. The lowest BCUT2D eigenvalue weighted by Gasteiger charge is -2.33. The Labute approximate surface area is 157 Å². The third-order valence-electron chi connectivity index (χ3n) is 5.14. The largest absolute Gasteiger partial charge is 0.478 e. The number of pyridine rings is 1. The molecule has 0 spiro atoms. The van der Waals surface area contributed by atoms with Crippen LogP contribution in [0.4, 0.5) is 5.82 Å². The van der Waals surface area contributed by atoms with Gasteiger partial charge in [-0.1, -0.05) is 30.3 Å². The molecule has 0 unspecified atom stereocenters. The van der Waals surface area contributed by atoms with Gasteiger partial charge in [0, 0.05) is 37.3 Å². The van der Waals surface area contributed by atoms with Gasteiger partial charge in [-0.3, -0.25) is 5.10 Å². The maximum atomic E-state index is 11.0. The second-order valence-electron chi connectivity index (χ2n) is 6.97. The highest BCUT2D eigenvalue weighted by Crippen LogP contribution is 2.30. The van der Waals surface area contributed by atoms with E-state index >= 15 is 0 Å². The summed E-state index contributed by atoms with van der Waals surface area (Å²) in [6.45, 7) is 1.78. The van der Waals surface area contributed by atoms with Crippen molar-refractivity contribution in [2.24, 2.45) is 0 Å². The zero-order valence-corrected chi connectivity index (χ0v) is 15.0. The Bertz CT molecular complexity index is 905. The number of aromatic nitrogens is 3. The summed E-state index contributed by atoms with van der Waals surface area (Å²) < 4.78 is 0. The molecule has 2 aromatic heterocycles. The zero-order chi connectivity index (χ0) is 18.6. The Morgan fingerprint density at radius 3 is 2.78 bits per heavy atom. The van der Waals surface area contributed by atoms with Crippen molar-refractivity contribution in [3.05, 3.63) is 77.2 Å². The fourth-order valence-electron chi connectivity index (χ4n) is 3.75. The number of carboxylic acid groups (broad SMARTS) is 1. The van der Waals surface area contributed by atoms with Crippen LogP contribution in [-0.4, -0.2) is 39.3 Å². The number of hydrogen-bond acceptors (Lipinski definition) is 4. The second kappa shape index (κ2) is 7.61. The third kappa shape index (κ3) is 3.84. The summed E-state index contributed by atoms with van der Waals surface area (Å²) in [7, 11) is 0. The minimum atomic E-state index is -0.950. The van der Waals surface area contributed by atoms with E-state index in [1.807, 2.05) is 12.3 Å². The van der Waals surface area contributed by atoms with Crippen molar-refractivity contribution in [1.82, 2.24) is 15.2 Å². The molecule has 1 aromatic carbocycles. The summed E-state index contributed by atoms with van der Waals surface area (Å²) in [5.74, 6) is 0.239. The highest BCUT2D eigenvalue weighted by Gasteiger charge is 2.25. The SMILES string of the molecule is O=C(O)c1ccc(N2CCC[C@@H](c3[nH]ncc3Cc3ccccc3)C2)nc1. The fourth-order valence-corrected chi connectivity index (χ4v) is 3.75. The van der Waals surface area contributed by atoms with Crippen molar-refractivity contribution < 1.29 is 9.90 Å². The molecule has 1 aliphatic heterocycles. The summed E-state index contributed by atoms with van der Waals surface area (Å²) in [6, 6.07) is 13.8. The lowest BCUT2D eigenvalue weighted by atomic mass is 9.91. The van der Waals surface area contributed by atoms with E-state index in [1.165, 1.54) is 23.0 Å². The van der Waals surface area contributed by atoms with E-state index in [0.29, 0.717) is 5.92 Å². The summed E-state index contributed by atoms with van der Waals surface area (Å²) in [4.78, 5) is 17.6. The van der Waals surface area contributed by atoms with Crippen LogP contribution in [0.2, 0.25) is 0 Å². The molecule has 6 heteroatoms. The first-order valence-electron chi connectivity index (χ1n) is 9.21. The predicted octanol–water partition coefficient (Wildman–Crippen LogP) is 3.48. The quantitative estimate of drug-likeness (QED) is 0.726. The van der Waals surface area contributed by atoms with E-state index in [9.17, 15) is 4.79 Å². The van der Waals surface area contributed by atoms with Gasteiger partial charge in [0.15, 0.2) is 0 Å². The van der Waals surface area contributed by atoms with Gasteiger partial charge >= 0.3 is 5.97 Å². The highest BCUT2D eigenvalue weighted by molar-refractivity contribution is 5.87. The molecule has 0 saturated carbocycles. The van der Waals surface area contributed by atoms with Crippen LogP contribution in [-0.2, 0) is 6.42 Å². The number of piperidine rings is 1. The molecular weight excluding hydrogens is 340 g/mol. The Balaban J connectivity index is 1.50. The molecule has 3 aromatic rings. The lowest BCUT2D eigenvalue weighted by Crippen LogP contribution is -2.35. The molecule has 0 bridgehead atoms. The predicted molar refractivity (Wildman–Crippen MR) is 103 cm³/mol. The number of carboxylic acids is 1. The molecule has 0 aliphatic carbocycles. The van der Waals surface area contributed by atoms with Gasteiger partial charge in [0.2, 0.25) is 0 Å². The fraction of sp³-hybridized carbons (Fsp3) is 0.286. The van der Waals surface area contributed by atoms with Crippen LogP contribution < -0.4 is 4.90 Å². The lowest BCUT2D eigenvalue weighted by molar-refractivity contribution is 0.0696. The number of nitrogens with zero attached hydrogens (tertiary/aromatic N) is 3. The van der Waals surface area contributed by atoms with Gasteiger partial charge in [0.25, 0.3) is 0 Å². The van der Waals surface area contributed by atoms with Gasteiger partial charge in [-0.25, -0.2) is 9.78 Å². The van der Waals surface area contributed by atoms with Gasteiger partial charge in [-0.05, 0) is 36.1 Å². The standard InChI is InChI=1S/C21H22N4O2/c26-21(27)16-8-9-19(22-12-16)25-10-4-7-17(14-25)20-18(13-23-24-20)11-15-5-2-1-3-6-15/h1-3,5-6,8-9,12-13,17H,4,7,10-11,14H2,(H,23,24)(H,26,27)/t17-/m1/s1. The third-order valence-corrected chi connectivity index (χ3v) is 5.14. The number of aromatic carboxylic acids is 1. The van der Waals surface area contributed by atoms with Gasteiger partial charge in [-0.15, -0.1) is 0 Å². The summed E-state index contributed by atoms with van der Waals surface area (Å²) >= 11 is 0. The van der Waals surface area contributed by atoms with Gasteiger partial charge < -0.3 is 10.0 Å². The Kier molecular flexibility index (Phi) is 4.87. The number of benzene rings is 1. The van der Waals surface area contributed by atoms with Crippen molar-refractivity contribution >= 4 is 11.8 Å². The Morgan fingerprint density at radius 1 is 1.19 bits per heavy atom. The number of hydrogen-bond donors (Lipinski definition) is 2. The molecule has 0 radical (unpaired) electrons. The van der Waals surface area contributed by atoms with Crippen LogP contribution in [0, 0.1) is 0 Å². The number of rotatable bonds is 5. The minimum absolute atomic E-state index is 0.214. The summed E-state index contributed by atoms with van der Waals surface area (Å²) in [5, 5.41) is 16.6. The van der Waals surface area contributed by atoms with E-state index in [0.717, 1.165) is 38.2 Å². The van der Waals surface area contributed by atoms with E-state index in [-0.39, 0.29) is 5.56 Å². The molecule has 1 saturated heterocycles. The average Bonchev–Trinajstić information content (AvgIpc) is 3.17. The van der Waals surface area contributed by atoms with E-state index in [4.69, 9.17) is 5.11 Å². The Hall–Kier alpha value is -3.15. The van der Waals surface area contributed by atoms with Crippen LogP contribution >= 0.6 is 0 Å².